The largest absolute Gasteiger partial charge is 0.484 e. The van der Waals surface area contributed by atoms with Crippen LogP contribution in [0.2, 0.25) is 0 Å². The highest BCUT2D eigenvalue weighted by Crippen LogP contribution is 2.45. The van der Waals surface area contributed by atoms with Crippen molar-refractivity contribution < 1.29 is 14.3 Å². The number of Topliss-reactive ketones (excluding diaryl/α,β-unsaturated/α-hetero) is 1. The third kappa shape index (κ3) is 5.88. The van der Waals surface area contributed by atoms with Crippen LogP contribution in [-0.4, -0.2) is 51.1 Å². The summed E-state index contributed by atoms with van der Waals surface area (Å²) in [6, 6.07) is 17.5. The zero-order valence-electron chi connectivity index (χ0n) is 22.9. The minimum atomic E-state index is -0.384. The number of carbonyl (C=O) groups is 2. The van der Waals surface area contributed by atoms with Crippen molar-refractivity contribution in [3.8, 4) is 5.75 Å². The summed E-state index contributed by atoms with van der Waals surface area (Å²) in [6.07, 6.45) is 1.25. The first-order chi connectivity index (χ1) is 18.8. The maximum Gasteiger partial charge on any atom is 0.260 e. The van der Waals surface area contributed by atoms with Crippen molar-refractivity contribution in [3.05, 3.63) is 77.0 Å². The van der Waals surface area contributed by atoms with Gasteiger partial charge in [-0.3, -0.25) is 9.59 Å². The lowest BCUT2D eigenvalue weighted by Gasteiger charge is -2.38. The molecule has 39 heavy (non-hydrogen) atoms. The van der Waals surface area contributed by atoms with Crippen LogP contribution in [0, 0.1) is 5.41 Å². The van der Waals surface area contributed by atoms with E-state index in [-0.39, 0.29) is 29.8 Å². The Bertz CT molecular complexity index is 1380. The van der Waals surface area contributed by atoms with Gasteiger partial charge in [0.2, 0.25) is 11.1 Å². The molecule has 204 valence electrons. The summed E-state index contributed by atoms with van der Waals surface area (Å²) in [5.41, 5.74) is 3.66. The van der Waals surface area contributed by atoms with Crippen LogP contribution < -0.4 is 10.1 Å². The van der Waals surface area contributed by atoms with Crippen molar-refractivity contribution in [3.63, 3.8) is 0 Å². The highest BCUT2D eigenvalue weighted by molar-refractivity contribution is 7.98. The average molecular weight is 546 g/mol. The Kier molecular flexibility index (Phi) is 7.79. The van der Waals surface area contributed by atoms with Gasteiger partial charge in [-0.2, -0.15) is 4.98 Å². The summed E-state index contributed by atoms with van der Waals surface area (Å²) < 4.78 is 7.61. The lowest BCUT2D eigenvalue weighted by molar-refractivity contribution is -0.133. The maximum atomic E-state index is 13.5. The van der Waals surface area contributed by atoms with E-state index in [0.29, 0.717) is 36.4 Å². The summed E-state index contributed by atoms with van der Waals surface area (Å²) in [5, 5.41) is 8.94. The minimum Gasteiger partial charge on any atom is -0.484 e. The van der Waals surface area contributed by atoms with Crippen LogP contribution in [0.25, 0.3) is 0 Å². The fraction of sp³-hybridized carbons (Fsp3) is 0.400. The number of fused-ring (bicyclic) bond motifs is 1. The topological polar surface area (TPSA) is 89.3 Å². The molecular weight excluding hydrogens is 510 g/mol. The predicted octanol–water partition coefficient (Wildman–Crippen LogP) is 5.48. The molecule has 1 aliphatic heterocycles. The zero-order chi connectivity index (χ0) is 27.6. The normalized spacial score (nSPS) is 17.7. The number of allylic oxidation sites excluding steroid dienone is 2. The monoisotopic (exact) mass is 545 g/mol. The first kappa shape index (κ1) is 27.0. The number of hydrogen-bond acceptors (Lipinski definition) is 7. The van der Waals surface area contributed by atoms with Crippen LogP contribution in [0.3, 0.4) is 0 Å². The van der Waals surface area contributed by atoms with E-state index in [0.717, 1.165) is 29.0 Å². The molecular formula is C30H35N5O3S. The van der Waals surface area contributed by atoms with Crippen molar-refractivity contribution in [1.29, 1.82) is 0 Å². The molecule has 5 rings (SSSR count). The van der Waals surface area contributed by atoms with Crippen molar-refractivity contribution in [2.75, 3.05) is 25.0 Å². The Morgan fingerprint density at radius 2 is 1.82 bits per heavy atom. The fourth-order valence-electron chi connectivity index (χ4n) is 5.24. The van der Waals surface area contributed by atoms with Gasteiger partial charge in [-0.15, -0.1) is 5.10 Å². The number of ether oxygens (including phenoxy) is 1. The number of likely N-dealkylation sites (N-methyl/N-ethyl adjacent to an activating group) is 1. The lowest BCUT2D eigenvalue weighted by Crippen LogP contribution is -2.36. The summed E-state index contributed by atoms with van der Waals surface area (Å²) in [6.45, 7) is 9.45. The third-order valence-corrected chi connectivity index (χ3v) is 8.11. The smallest absolute Gasteiger partial charge is 0.260 e. The standard InChI is InChI=1S/C30H35N5O3S/c1-5-34(6-2)25(37)18-38-22-14-12-21(13-15-22)27-26-23(16-30(3,4)17-24(26)36)31-28-32-29(33-35(27)28)39-19-20-10-8-7-9-11-20/h7-15,27H,5-6,16-19H2,1-4H3,(H,31,32,33). The average Bonchev–Trinajstić information content (AvgIpc) is 3.33. The predicted molar refractivity (Wildman–Crippen MR) is 153 cm³/mol. The molecule has 3 aromatic rings. The van der Waals surface area contributed by atoms with Crippen molar-refractivity contribution >= 4 is 29.4 Å². The Morgan fingerprint density at radius 3 is 2.51 bits per heavy atom. The second kappa shape index (κ2) is 11.3. The Balaban J connectivity index is 1.42. The second-order valence-corrected chi connectivity index (χ2v) is 11.7. The van der Waals surface area contributed by atoms with Crippen LogP contribution >= 0.6 is 11.8 Å². The van der Waals surface area contributed by atoms with Gasteiger partial charge in [-0.25, -0.2) is 4.68 Å². The number of rotatable bonds is 9. The molecule has 1 atom stereocenters. The third-order valence-electron chi connectivity index (χ3n) is 7.20. The van der Waals surface area contributed by atoms with Gasteiger partial charge >= 0.3 is 0 Å². The minimum absolute atomic E-state index is 0.00747. The van der Waals surface area contributed by atoms with Gasteiger partial charge < -0.3 is 15.0 Å². The molecule has 1 amide bonds. The summed E-state index contributed by atoms with van der Waals surface area (Å²) in [4.78, 5) is 32.4. The van der Waals surface area contributed by atoms with Crippen LogP contribution in [0.4, 0.5) is 5.95 Å². The molecule has 1 unspecified atom stereocenters. The van der Waals surface area contributed by atoms with Crippen LogP contribution in [0.5, 0.6) is 5.75 Å². The molecule has 1 N–H and O–H groups in total. The SMILES string of the molecule is CCN(CC)C(=O)COc1ccc(C2C3=C(CC(C)(C)CC3=O)Nc3nc(SCc4ccccc4)nn32)cc1. The number of hydrogen-bond donors (Lipinski definition) is 1. The molecule has 1 aromatic heterocycles. The van der Waals surface area contributed by atoms with E-state index in [4.69, 9.17) is 14.8 Å². The van der Waals surface area contributed by atoms with E-state index in [2.05, 4.69) is 31.3 Å². The van der Waals surface area contributed by atoms with E-state index in [1.165, 1.54) is 5.56 Å². The highest BCUT2D eigenvalue weighted by Gasteiger charge is 2.41. The number of ketones is 1. The number of amides is 1. The van der Waals surface area contributed by atoms with Crippen molar-refractivity contribution in [1.82, 2.24) is 19.7 Å². The number of aromatic nitrogens is 3. The van der Waals surface area contributed by atoms with E-state index >= 15 is 0 Å². The second-order valence-electron chi connectivity index (χ2n) is 10.7. The number of nitrogens with zero attached hydrogens (tertiary/aromatic N) is 4. The van der Waals surface area contributed by atoms with E-state index in [9.17, 15) is 9.59 Å². The molecule has 2 aliphatic rings. The molecule has 0 fully saturated rings. The molecule has 0 radical (unpaired) electrons. The molecule has 9 heteroatoms. The van der Waals surface area contributed by atoms with Gasteiger partial charge in [0.1, 0.15) is 11.8 Å². The number of nitrogens with one attached hydrogen (secondary N) is 1. The van der Waals surface area contributed by atoms with Gasteiger partial charge in [0.05, 0.1) is 0 Å². The molecule has 1 aliphatic carbocycles. The molecule has 0 spiro atoms. The number of thioether (sulfide) groups is 1. The summed E-state index contributed by atoms with van der Waals surface area (Å²) in [7, 11) is 0. The van der Waals surface area contributed by atoms with Gasteiger partial charge in [-0.1, -0.05) is 68.1 Å². The Hall–Kier alpha value is -3.59. The first-order valence-corrected chi connectivity index (χ1v) is 14.4. The molecule has 0 saturated carbocycles. The Labute approximate surface area is 233 Å². The van der Waals surface area contributed by atoms with Crippen molar-refractivity contribution in [2.45, 2.75) is 57.5 Å². The molecule has 0 bridgehead atoms. The van der Waals surface area contributed by atoms with Crippen molar-refractivity contribution in [2.24, 2.45) is 5.41 Å². The number of carbonyl (C=O) groups excluding carboxylic acids is 2. The van der Waals surface area contributed by atoms with Crippen LogP contribution in [-0.2, 0) is 15.3 Å². The molecule has 2 heterocycles. The van der Waals surface area contributed by atoms with E-state index in [1.807, 2.05) is 61.0 Å². The van der Waals surface area contributed by atoms with Gasteiger partial charge in [0, 0.05) is 36.5 Å². The van der Waals surface area contributed by atoms with Crippen LogP contribution in [0.1, 0.15) is 57.7 Å². The van der Waals surface area contributed by atoms with E-state index in [1.54, 1.807) is 16.7 Å². The quantitative estimate of drug-likeness (QED) is 0.356. The molecule has 2 aromatic carbocycles. The fourth-order valence-corrected chi connectivity index (χ4v) is 6.02. The molecule has 8 nitrogen and oxygen atoms in total. The number of anilines is 1. The van der Waals surface area contributed by atoms with Gasteiger partial charge in [-0.05, 0) is 48.9 Å². The van der Waals surface area contributed by atoms with Gasteiger partial charge in [0.15, 0.2) is 12.4 Å². The highest BCUT2D eigenvalue weighted by atomic mass is 32.2. The lowest BCUT2D eigenvalue weighted by atomic mass is 9.73. The summed E-state index contributed by atoms with van der Waals surface area (Å²) >= 11 is 1.57. The van der Waals surface area contributed by atoms with Gasteiger partial charge in [0.25, 0.3) is 5.91 Å². The zero-order valence-corrected chi connectivity index (χ0v) is 23.8. The Morgan fingerprint density at radius 1 is 1.10 bits per heavy atom. The number of benzene rings is 2. The maximum absolute atomic E-state index is 13.5. The first-order valence-electron chi connectivity index (χ1n) is 13.4. The van der Waals surface area contributed by atoms with E-state index < -0.39 is 0 Å². The van der Waals surface area contributed by atoms with Crippen LogP contribution in [0.15, 0.2) is 71.0 Å². The molecule has 0 saturated heterocycles. The summed E-state index contributed by atoms with van der Waals surface area (Å²) in [5.74, 6) is 2.09.